The fraction of sp³-hybridized carbons (Fsp3) is 0.107. The molecule has 0 aliphatic heterocycles. The van der Waals surface area contributed by atoms with Crippen LogP contribution in [-0.2, 0) is 0 Å². The average molecular weight is 455 g/mol. The van der Waals surface area contributed by atoms with E-state index < -0.39 is 11.8 Å². The Hall–Kier alpha value is -4.32. The third kappa shape index (κ3) is 3.83. The highest BCUT2D eigenvalue weighted by atomic mass is 19.1. The van der Waals surface area contributed by atoms with Gasteiger partial charge < -0.3 is 19.8 Å². The van der Waals surface area contributed by atoms with Gasteiger partial charge in [0, 0.05) is 28.2 Å². The maximum Gasteiger partial charge on any atom is 0.352 e. The number of carbonyl (C=O) groups is 1. The predicted molar refractivity (Wildman–Crippen MR) is 131 cm³/mol. The van der Waals surface area contributed by atoms with Gasteiger partial charge in [0.05, 0.1) is 5.69 Å². The topological polar surface area (TPSA) is 78.1 Å². The summed E-state index contributed by atoms with van der Waals surface area (Å²) in [6, 6.07) is 21.5. The van der Waals surface area contributed by atoms with E-state index in [0.29, 0.717) is 28.1 Å². The molecule has 3 aromatic carbocycles. The molecule has 5 nitrogen and oxygen atoms in total. The summed E-state index contributed by atoms with van der Waals surface area (Å²) in [5.41, 5.74) is 4.11. The molecule has 2 heterocycles. The lowest BCUT2D eigenvalue weighted by atomic mass is 9.90. The molecule has 2 aromatic heterocycles. The molecule has 0 radical (unpaired) electrons. The molecule has 5 aromatic rings. The van der Waals surface area contributed by atoms with E-state index in [1.807, 2.05) is 74.5 Å². The Bertz CT molecular complexity index is 1480. The normalized spacial score (nSPS) is 11.3. The van der Waals surface area contributed by atoms with Gasteiger partial charge in [0.1, 0.15) is 23.0 Å². The van der Waals surface area contributed by atoms with Crippen LogP contribution in [-0.4, -0.2) is 21.0 Å². The summed E-state index contributed by atoms with van der Waals surface area (Å²) in [7, 11) is 0. The van der Waals surface area contributed by atoms with E-state index in [1.54, 1.807) is 6.20 Å². The summed E-state index contributed by atoms with van der Waals surface area (Å²) in [6.07, 6.45) is 1.75. The average Bonchev–Trinajstić information content (AvgIpc) is 3.45. The zero-order valence-corrected chi connectivity index (χ0v) is 18.7. The number of benzene rings is 3. The van der Waals surface area contributed by atoms with Crippen LogP contribution in [0.3, 0.4) is 0 Å². The Labute approximate surface area is 195 Å². The quantitative estimate of drug-likeness (QED) is 0.247. The standard InChI is InChI=1S/C28H23FN2O3/c1-16(2)24-25(17-8-10-20(11-9-17)34-19-6-4-3-5-7-19)27(28(32)33)31-26(24)22-14-18(29)15-23-21(22)12-13-30-23/h3-16,30-31H,1-2H3,(H,32,33). The number of fused-ring (bicyclic) bond motifs is 1. The summed E-state index contributed by atoms with van der Waals surface area (Å²) in [6.45, 7) is 4.00. The van der Waals surface area contributed by atoms with Crippen molar-refractivity contribution in [1.29, 1.82) is 0 Å². The Kier molecular flexibility index (Phi) is 5.42. The van der Waals surface area contributed by atoms with E-state index in [-0.39, 0.29) is 11.6 Å². The Morgan fingerprint density at radius 3 is 2.35 bits per heavy atom. The molecule has 34 heavy (non-hydrogen) atoms. The largest absolute Gasteiger partial charge is 0.477 e. The summed E-state index contributed by atoms with van der Waals surface area (Å²) >= 11 is 0. The van der Waals surface area contributed by atoms with Gasteiger partial charge >= 0.3 is 5.97 Å². The lowest BCUT2D eigenvalue weighted by molar-refractivity contribution is 0.0692. The van der Waals surface area contributed by atoms with Crippen LogP contribution in [0.25, 0.3) is 33.3 Å². The number of para-hydroxylation sites is 1. The highest BCUT2D eigenvalue weighted by molar-refractivity contribution is 6.02. The summed E-state index contributed by atoms with van der Waals surface area (Å²) < 4.78 is 20.3. The molecule has 6 heteroatoms. The van der Waals surface area contributed by atoms with Crippen LogP contribution in [0.5, 0.6) is 11.5 Å². The van der Waals surface area contributed by atoms with Gasteiger partial charge in [0.15, 0.2) is 0 Å². The van der Waals surface area contributed by atoms with Crippen molar-refractivity contribution in [2.75, 3.05) is 0 Å². The molecule has 0 fully saturated rings. The monoisotopic (exact) mass is 454 g/mol. The van der Waals surface area contributed by atoms with Crippen molar-refractivity contribution in [2.24, 2.45) is 0 Å². The molecular weight excluding hydrogens is 431 g/mol. The number of nitrogens with one attached hydrogen (secondary N) is 2. The highest BCUT2D eigenvalue weighted by Crippen LogP contribution is 2.42. The fourth-order valence-electron chi connectivity index (χ4n) is 4.42. The number of ether oxygens (including phenoxy) is 1. The first-order valence-electron chi connectivity index (χ1n) is 11.0. The first-order chi connectivity index (χ1) is 16.4. The van der Waals surface area contributed by atoms with E-state index in [0.717, 1.165) is 22.3 Å². The van der Waals surface area contributed by atoms with Crippen molar-refractivity contribution in [3.05, 3.63) is 96.1 Å². The molecule has 0 unspecified atom stereocenters. The predicted octanol–water partition coefficient (Wildman–Crippen LogP) is 7.58. The third-order valence-electron chi connectivity index (χ3n) is 5.85. The number of aromatic nitrogens is 2. The van der Waals surface area contributed by atoms with Gasteiger partial charge in [0.2, 0.25) is 0 Å². The minimum atomic E-state index is -1.07. The van der Waals surface area contributed by atoms with Crippen LogP contribution in [0, 0.1) is 5.82 Å². The number of rotatable bonds is 6. The molecule has 0 saturated carbocycles. The first kappa shape index (κ1) is 21.5. The summed E-state index contributed by atoms with van der Waals surface area (Å²) in [5.74, 6) is -0.126. The van der Waals surface area contributed by atoms with Crippen LogP contribution in [0.2, 0.25) is 0 Å². The van der Waals surface area contributed by atoms with Crippen LogP contribution >= 0.6 is 0 Å². The van der Waals surface area contributed by atoms with Gasteiger partial charge in [-0.25, -0.2) is 9.18 Å². The Morgan fingerprint density at radius 2 is 1.68 bits per heavy atom. The maximum absolute atomic E-state index is 14.4. The van der Waals surface area contributed by atoms with Crippen LogP contribution in [0.15, 0.2) is 79.0 Å². The number of aromatic carboxylic acids is 1. The third-order valence-corrected chi connectivity index (χ3v) is 5.85. The van der Waals surface area contributed by atoms with Crippen LogP contribution in [0.1, 0.15) is 35.8 Å². The zero-order valence-electron chi connectivity index (χ0n) is 18.7. The molecular formula is C28H23FN2O3. The lowest BCUT2D eigenvalue weighted by Gasteiger charge is -2.13. The van der Waals surface area contributed by atoms with Gasteiger partial charge in [-0.05, 0) is 59.5 Å². The molecule has 0 aliphatic rings. The first-order valence-corrected chi connectivity index (χ1v) is 11.0. The van der Waals surface area contributed by atoms with Gasteiger partial charge in [-0.1, -0.05) is 44.2 Å². The number of aromatic amines is 2. The van der Waals surface area contributed by atoms with Crippen LogP contribution in [0.4, 0.5) is 4.39 Å². The van der Waals surface area contributed by atoms with Gasteiger partial charge in [0.25, 0.3) is 0 Å². The van der Waals surface area contributed by atoms with E-state index in [1.165, 1.54) is 12.1 Å². The summed E-state index contributed by atoms with van der Waals surface area (Å²) in [5, 5.41) is 10.9. The van der Waals surface area contributed by atoms with Crippen molar-refractivity contribution >= 4 is 16.9 Å². The molecule has 3 N–H and O–H groups in total. The van der Waals surface area contributed by atoms with E-state index in [9.17, 15) is 14.3 Å². The van der Waals surface area contributed by atoms with E-state index in [4.69, 9.17) is 4.74 Å². The zero-order chi connectivity index (χ0) is 23.8. The fourth-order valence-corrected chi connectivity index (χ4v) is 4.42. The van der Waals surface area contributed by atoms with Gasteiger partial charge in [-0.15, -0.1) is 0 Å². The number of halogens is 1. The SMILES string of the molecule is CC(C)c1c(-c2cc(F)cc3[nH]ccc23)[nH]c(C(=O)O)c1-c1ccc(Oc2ccccc2)cc1. The van der Waals surface area contributed by atoms with Crippen molar-refractivity contribution < 1.29 is 19.0 Å². The van der Waals surface area contributed by atoms with Crippen molar-refractivity contribution in [2.45, 2.75) is 19.8 Å². The Morgan fingerprint density at radius 1 is 0.971 bits per heavy atom. The maximum atomic E-state index is 14.4. The second-order valence-electron chi connectivity index (χ2n) is 8.46. The molecule has 0 atom stereocenters. The highest BCUT2D eigenvalue weighted by Gasteiger charge is 2.26. The molecule has 0 saturated heterocycles. The van der Waals surface area contributed by atoms with Gasteiger partial charge in [-0.2, -0.15) is 0 Å². The number of carboxylic acids is 1. The lowest BCUT2D eigenvalue weighted by Crippen LogP contribution is -2.00. The number of hydrogen-bond acceptors (Lipinski definition) is 2. The molecule has 0 amide bonds. The smallest absolute Gasteiger partial charge is 0.352 e. The minimum Gasteiger partial charge on any atom is -0.477 e. The minimum absolute atomic E-state index is 0.0214. The van der Waals surface area contributed by atoms with Crippen molar-refractivity contribution in [3.8, 4) is 33.9 Å². The molecule has 0 spiro atoms. The molecule has 170 valence electrons. The van der Waals surface area contributed by atoms with Crippen molar-refractivity contribution in [1.82, 2.24) is 9.97 Å². The number of hydrogen-bond donors (Lipinski definition) is 3. The molecule has 0 bridgehead atoms. The van der Waals surface area contributed by atoms with Gasteiger partial charge in [-0.3, -0.25) is 0 Å². The van der Waals surface area contributed by atoms with E-state index in [2.05, 4.69) is 9.97 Å². The summed E-state index contributed by atoms with van der Waals surface area (Å²) in [4.78, 5) is 18.4. The van der Waals surface area contributed by atoms with Crippen molar-refractivity contribution in [3.63, 3.8) is 0 Å². The molecule has 0 aliphatic carbocycles. The van der Waals surface area contributed by atoms with Crippen LogP contribution < -0.4 is 4.74 Å². The Balaban J connectivity index is 1.66. The second-order valence-corrected chi connectivity index (χ2v) is 8.46. The van der Waals surface area contributed by atoms with E-state index >= 15 is 0 Å². The second kappa shape index (κ2) is 8.56. The number of carboxylic acid groups (broad SMARTS) is 1. The molecule has 5 rings (SSSR count). The number of H-pyrrole nitrogens is 2.